The number of allylic oxidation sites excluding steroid dienone is 6. The maximum Gasteiger partial charge on any atom is 0.108 e. The van der Waals surface area contributed by atoms with Gasteiger partial charge in [0.15, 0.2) is 0 Å². The Hall–Kier alpha value is -0.610. The molecule has 0 N–H and O–H groups in total. The fraction of sp³-hybridized carbons (Fsp3) is 0.429. The molecule has 0 spiro atoms. The first-order valence-electron chi connectivity index (χ1n) is 5.49. The fourth-order valence-electron chi connectivity index (χ4n) is 2.04. The van der Waals surface area contributed by atoms with Crippen molar-refractivity contribution in [2.75, 3.05) is 13.3 Å². The van der Waals surface area contributed by atoms with Gasteiger partial charge in [-0.15, -0.1) is 0 Å². The monoisotopic (exact) mass is 221 g/mol. The molecule has 0 unspecified atom stereocenters. The van der Waals surface area contributed by atoms with E-state index in [4.69, 9.17) is 0 Å². The maximum atomic E-state index is 4.17. The molecule has 1 heterocycles. The van der Waals surface area contributed by atoms with E-state index in [1.54, 1.807) is 0 Å². The van der Waals surface area contributed by atoms with E-state index in [2.05, 4.69) is 64.7 Å². The lowest BCUT2D eigenvalue weighted by Crippen LogP contribution is -1.99. The molecule has 0 fully saturated rings. The van der Waals surface area contributed by atoms with Crippen molar-refractivity contribution >= 4 is 7.26 Å². The average Bonchev–Trinajstić information content (AvgIpc) is 2.38. The van der Waals surface area contributed by atoms with Crippen LogP contribution in [-0.2, 0) is 0 Å². The van der Waals surface area contributed by atoms with Crippen LogP contribution in [0, 0.1) is 5.92 Å². The van der Waals surface area contributed by atoms with Gasteiger partial charge in [0.2, 0.25) is 0 Å². The summed E-state index contributed by atoms with van der Waals surface area (Å²) in [5.41, 5.74) is 2.68. The van der Waals surface area contributed by atoms with E-state index in [1.165, 1.54) is 16.5 Å². The molecule has 0 aromatic carbocycles. The lowest BCUT2D eigenvalue weighted by Gasteiger charge is -2.17. The molecule has 0 nitrogen and oxygen atoms in total. The normalized spacial score (nSPS) is 23.2. The molecule has 0 saturated heterocycles. The molecule has 0 aromatic rings. The third kappa shape index (κ3) is 2.49. The zero-order valence-corrected chi connectivity index (χ0v) is 11.4. The van der Waals surface area contributed by atoms with Crippen molar-refractivity contribution in [1.29, 1.82) is 0 Å². The lowest BCUT2D eigenvalue weighted by atomic mass is 10.00. The Balaban J connectivity index is 3.32. The van der Waals surface area contributed by atoms with Gasteiger partial charge in [0, 0.05) is 5.57 Å². The van der Waals surface area contributed by atoms with Crippen LogP contribution in [-0.4, -0.2) is 13.3 Å². The minimum atomic E-state index is -1.05. The molecule has 82 valence electrons. The van der Waals surface area contributed by atoms with Gasteiger partial charge < -0.3 is 0 Å². The first kappa shape index (κ1) is 12.5. The highest BCUT2D eigenvalue weighted by Crippen LogP contribution is 2.68. The van der Waals surface area contributed by atoms with E-state index < -0.39 is 7.26 Å². The zero-order valence-electron chi connectivity index (χ0n) is 10.5. The van der Waals surface area contributed by atoms with Crippen molar-refractivity contribution in [1.82, 2.24) is 0 Å². The minimum Gasteiger partial charge on any atom is -0.0877 e. The molecule has 0 atom stereocenters. The Kier molecular flexibility index (Phi) is 3.73. The summed E-state index contributed by atoms with van der Waals surface area (Å²) in [7, 11) is -1.05. The van der Waals surface area contributed by atoms with Crippen LogP contribution in [0.4, 0.5) is 0 Å². The van der Waals surface area contributed by atoms with Gasteiger partial charge in [-0.05, 0) is 24.5 Å². The fourth-order valence-corrected chi connectivity index (χ4v) is 4.56. The van der Waals surface area contributed by atoms with Gasteiger partial charge in [-0.3, -0.25) is 0 Å². The van der Waals surface area contributed by atoms with Gasteiger partial charge in [0.1, 0.15) is 5.31 Å². The summed E-state index contributed by atoms with van der Waals surface area (Å²) in [6, 6.07) is 0. The highest BCUT2D eigenvalue weighted by Gasteiger charge is 2.37. The molecule has 0 bridgehead atoms. The van der Waals surface area contributed by atoms with E-state index in [9.17, 15) is 0 Å². The van der Waals surface area contributed by atoms with Crippen LogP contribution in [0.1, 0.15) is 20.8 Å². The predicted octanol–water partition coefficient (Wildman–Crippen LogP) is 4.83. The molecule has 1 aliphatic rings. The van der Waals surface area contributed by atoms with Crippen molar-refractivity contribution < 1.29 is 0 Å². The minimum absolute atomic E-state index is 0.576. The van der Waals surface area contributed by atoms with E-state index in [0.717, 1.165) is 0 Å². The summed E-state index contributed by atoms with van der Waals surface area (Å²) in [4.78, 5) is 0. The summed E-state index contributed by atoms with van der Waals surface area (Å²) in [6.07, 6.45) is 6.57. The van der Waals surface area contributed by atoms with Crippen molar-refractivity contribution in [2.24, 2.45) is 5.92 Å². The Morgan fingerprint density at radius 3 is 2.33 bits per heavy atom. The maximum absolute atomic E-state index is 4.17. The van der Waals surface area contributed by atoms with Crippen LogP contribution in [0.2, 0.25) is 0 Å². The highest BCUT2D eigenvalue weighted by atomic mass is 31.2. The zero-order chi connectivity index (χ0) is 11.6. The molecule has 15 heavy (non-hydrogen) atoms. The summed E-state index contributed by atoms with van der Waals surface area (Å²) in [5, 5.41) is 1.51. The molecular formula is C14H22P+. The van der Waals surface area contributed by atoms with Gasteiger partial charge in [-0.2, -0.15) is 0 Å². The van der Waals surface area contributed by atoms with Gasteiger partial charge in [-0.1, -0.05) is 32.6 Å². The second kappa shape index (κ2) is 4.49. The summed E-state index contributed by atoms with van der Waals surface area (Å²) in [6.45, 7) is 15.5. The van der Waals surface area contributed by atoms with Crippen molar-refractivity contribution in [3.8, 4) is 0 Å². The molecule has 1 heteroatoms. The summed E-state index contributed by atoms with van der Waals surface area (Å²) >= 11 is 0. The lowest BCUT2D eigenvalue weighted by molar-refractivity contribution is 0.788. The quantitative estimate of drug-likeness (QED) is 0.586. The number of hydrogen-bond donors (Lipinski definition) is 0. The summed E-state index contributed by atoms with van der Waals surface area (Å²) < 4.78 is 0. The van der Waals surface area contributed by atoms with Gasteiger partial charge in [0.05, 0.1) is 26.4 Å². The first-order valence-corrected chi connectivity index (χ1v) is 8.25. The SMILES string of the molecule is C=C1C=C[P+](C)(C)/C1=C(/C=C\C)C(C)C. The van der Waals surface area contributed by atoms with Gasteiger partial charge >= 0.3 is 0 Å². The second-order valence-corrected chi connectivity index (χ2v) is 8.66. The molecule has 0 saturated carbocycles. The van der Waals surface area contributed by atoms with Crippen LogP contribution >= 0.6 is 7.26 Å². The van der Waals surface area contributed by atoms with Gasteiger partial charge in [0.25, 0.3) is 0 Å². The molecule has 0 radical (unpaired) electrons. The topological polar surface area (TPSA) is 0 Å². The Bertz CT molecular complexity index is 352. The predicted molar refractivity (Wildman–Crippen MR) is 73.7 cm³/mol. The van der Waals surface area contributed by atoms with E-state index in [0.29, 0.717) is 5.92 Å². The molecule has 0 aromatic heterocycles. The number of hydrogen-bond acceptors (Lipinski definition) is 0. The second-order valence-electron chi connectivity index (χ2n) is 4.84. The van der Waals surface area contributed by atoms with Crippen LogP contribution in [0.15, 0.2) is 47.1 Å². The number of rotatable bonds is 2. The van der Waals surface area contributed by atoms with E-state index >= 15 is 0 Å². The third-order valence-electron chi connectivity index (χ3n) is 2.77. The summed E-state index contributed by atoms with van der Waals surface area (Å²) in [5.74, 6) is 2.93. The molecule has 0 amide bonds. The Labute approximate surface area is 94.8 Å². The van der Waals surface area contributed by atoms with Gasteiger partial charge in [-0.25, -0.2) is 0 Å². The molecular weight excluding hydrogens is 199 g/mol. The Morgan fingerprint density at radius 1 is 1.40 bits per heavy atom. The van der Waals surface area contributed by atoms with Crippen molar-refractivity contribution in [3.63, 3.8) is 0 Å². The Morgan fingerprint density at radius 2 is 2.00 bits per heavy atom. The highest BCUT2D eigenvalue weighted by molar-refractivity contribution is 7.82. The van der Waals surface area contributed by atoms with E-state index in [1.807, 2.05) is 0 Å². The van der Waals surface area contributed by atoms with Crippen LogP contribution in [0.3, 0.4) is 0 Å². The largest absolute Gasteiger partial charge is 0.108 e. The molecule has 1 aliphatic heterocycles. The smallest absolute Gasteiger partial charge is 0.0877 e. The van der Waals surface area contributed by atoms with Crippen molar-refractivity contribution in [2.45, 2.75) is 20.8 Å². The van der Waals surface area contributed by atoms with Crippen LogP contribution < -0.4 is 0 Å². The molecule has 1 rings (SSSR count). The van der Waals surface area contributed by atoms with Crippen LogP contribution in [0.5, 0.6) is 0 Å². The van der Waals surface area contributed by atoms with Crippen LogP contribution in [0.25, 0.3) is 0 Å². The molecule has 0 aliphatic carbocycles. The van der Waals surface area contributed by atoms with E-state index in [-0.39, 0.29) is 0 Å². The van der Waals surface area contributed by atoms with Crippen molar-refractivity contribution in [3.05, 3.63) is 47.1 Å². The standard InChI is InChI=1S/C14H22P/c1-7-8-13(11(2)3)14-12(4)9-10-15(14,5)6/h7-11H,4H2,1-3,5-6H3/q+1/b8-7-,14-13-. The third-order valence-corrected chi connectivity index (χ3v) is 5.36. The first-order chi connectivity index (χ1) is 6.90. The average molecular weight is 221 g/mol.